The van der Waals surface area contributed by atoms with E-state index in [-0.39, 0.29) is 12.2 Å². The highest BCUT2D eigenvalue weighted by atomic mass is 16.5. The van der Waals surface area contributed by atoms with Crippen LogP contribution in [-0.2, 0) is 10.2 Å². The molecule has 1 aliphatic carbocycles. The number of carboxylic acid groups (broad SMARTS) is 1. The van der Waals surface area contributed by atoms with E-state index in [4.69, 9.17) is 9.84 Å². The lowest BCUT2D eigenvalue weighted by molar-refractivity contribution is -0.138. The smallest absolute Gasteiger partial charge is 0.304 e. The fraction of sp³-hybridized carbons (Fsp3) is 0.429. The maximum absolute atomic E-state index is 12.2. The maximum atomic E-state index is 12.2. The van der Waals surface area contributed by atoms with Crippen molar-refractivity contribution < 1.29 is 19.4 Å². The van der Waals surface area contributed by atoms with E-state index in [1.807, 2.05) is 19.9 Å². The number of carboxylic acids is 1. The van der Waals surface area contributed by atoms with Crippen LogP contribution in [0, 0.1) is 5.92 Å². The van der Waals surface area contributed by atoms with Gasteiger partial charge in [-0.2, -0.15) is 0 Å². The van der Waals surface area contributed by atoms with Crippen LogP contribution in [-0.4, -0.2) is 24.0 Å². The van der Waals surface area contributed by atoms with Crippen LogP contribution in [0.4, 0.5) is 0 Å². The van der Waals surface area contributed by atoms with Gasteiger partial charge >= 0.3 is 5.97 Å². The van der Waals surface area contributed by atoms with Crippen LogP contribution in [0.1, 0.15) is 36.2 Å². The van der Waals surface area contributed by atoms with E-state index in [1.54, 1.807) is 19.2 Å². The van der Waals surface area contributed by atoms with E-state index in [2.05, 4.69) is 0 Å². The predicted molar refractivity (Wildman–Crippen MR) is 66.1 cm³/mol. The lowest BCUT2D eigenvalue weighted by atomic mass is 9.76. The minimum Gasteiger partial charge on any atom is -0.497 e. The number of hydrogen-bond acceptors (Lipinski definition) is 3. The summed E-state index contributed by atoms with van der Waals surface area (Å²) in [6.45, 7) is 3.81. The normalized spacial score (nSPS) is 20.6. The largest absolute Gasteiger partial charge is 0.497 e. The van der Waals surface area contributed by atoms with Crippen molar-refractivity contribution in [3.8, 4) is 5.75 Å². The van der Waals surface area contributed by atoms with Crippen molar-refractivity contribution in [3.05, 3.63) is 29.3 Å². The molecule has 0 aromatic heterocycles. The Morgan fingerprint density at radius 2 is 2.11 bits per heavy atom. The van der Waals surface area contributed by atoms with Gasteiger partial charge in [0.15, 0.2) is 5.78 Å². The van der Waals surface area contributed by atoms with Gasteiger partial charge in [-0.05, 0) is 23.8 Å². The van der Waals surface area contributed by atoms with Gasteiger partial charge in [0, 0.05) is 16.9 Å². The average molecular weight is 248 g/mol. The first kappa shape index (κ1) is 12.6. The Balaban J connectivity index is 2.50. The zero-order chi connectivity index (χ0) is 13.5. The van der Waals surface area contributed by atoms with Crippen molar-refractivity contribution >= 4 is 11.8 Å². The van der Waals surface area contributed by atoms with Crippen LogP contribution in [0.15, 0.2) is 18.2 Å². The van der Waals surface area contributed by atoms with Gasteiger partial charge in [0.25, 0.3) is 0 Å². The molecule has 1 aliphatic rings. The third-order valence-corrected chi connectivity index (χ3v) is 3.75. The molecule has 0 aliphatic heterocycles. The third kappa shape index (κ3) is 1.78. The molecule has 0 bridgehead atoms. The summed E-state index contributed by atoms with van der Waals surface area (Å²) in [5.41, 5.74) is 1.02. The van der Waals surface area contributed by atoms with Crippen LogP contribution < -0.4 is 4.74 Å². The molecule has 4 heteroatoms. The highest BCUT2D eigenvalue weighted by Crippen LogP contribution is 2.45. The molecule has 0 saturated carbocycles. The van der Waals surface area contributed by atoms with Gasteiger partial charge in [0.2, 0.25) is 0 Å². The number of hydrogen-bond donors (Lipinski definition) is 1. The number of rotatable bonds is 3. The molecule has 0 radical (unpaired) electrons. The Bertz CT molecular complexity index is 517. The van der Waals surface area contributed by atoms with E-state index in [0.29, 0.717) is 11.3 Å². The molecule has 0 amide bonds. The standard InChI is InChI=1S/C14H16O4/c1-14(2)10-6-8(18-3)4-5-9(10)13(17)11(14)7-12(15)16/h4-6,11H,7H2,1-3H3,(H,15,16). The zero-order valence-corrected chi connectivity index (χ0v) is 10.7. The molecule has 1 atom stereocenters. The molecular formula is C14H16O4. The SMILES string of the molecule is COc1ccc2c(c1)C(C)(C)C(CC(=O)O)C2=O. The number of fused-ring (bicyclic) bond motifs is 1. The van der Waals surface area contributed by atoms with Crippen molar-refractivity contribution in [2.45, 2.75) is 25.7 Å². The molecular weight excluding hydrogens is 232 g/mol. The van der Waals surface area contributed by atoms with Gasteiger partial charge in [-0.3, -0.25) is 9.59 Å². The molecule has 0 saturated heterocycles. The minimum absolute atomic E-state index is 0.0833. The molecule has 18 heavy (non-hydrogen) atoms. The summed E-state index contributed by atoms with van der Waals surface area (Å²) in [6.07, 6.45) is -0.136. The molecule has 1 aromatic carbocycles. The molecule has 1 unspecified atom stereocenters. The fourth-order valence-electron chi connectivity index (χ4n) is 2.62. The van der Waals surface area contributed by atoms with Gasteiger partial charge in [-0.15, -0.1) is 0 Å². The van der Waals surface area contributed by atoms with Gasteiger partial charge in [-0.25, -0.2) is 0 Å². The van der Waals surface area contributed by atoms with E-state index in [9.17, 15) is 9.59 Å². The quantitative estimate of drug-likeness (QED) is 0.891. The lowest BCUT2D eigenvalue weighted by Gasteiger charge is -2.25. The van der Waals surface area contributed by atoms with E-state index < -0.39 is 17.3 Å². The minimum atomic E-state index is -0.943. The van der Waals surface area contributed by atoms with Crippen LogP contribution in [0.25, 0.3) is 0 Å². The van der Waals surface area contributed by atoms with Crippen molar-refractivity contribution in [2.24, 2.45) is 5.92 Å². The molecule has 4 nitrogen and oxygen atoms in total. The maximum Gasteiger partial charge on any atom is 0.304 e. The fourth-order valence-corrected chi connectivity index (χ4v) is 2.62. The number of ether oxygens (including phenoxy) is 1. The number of carbonyl (C=O) groups is 2. The monoisotopic (exact) mass is 248 g/mol. The molecule has 2 rings (SSSR count). The third-order valence-electron chi connectivity index (χ3n) is 3.75. The highest BCUT2D eigenvalue weighted by molar-refractivity contribution is 6.05. The van der Waals surface area contributed by atoms with Crippen molar-refractivity contribution in [3.63, 3.8) is 0 Å². The summed E-state index contributed by atoms with van der Waals surface area (Å²) in [7, 11) is 1.57. The van der Waals surface area contributed by atoms with Crippen LogP contribution in [0.3, 0.4) is 0 Å². The van der Waals surface area contributed by atoms with Gasteiger partial charge < -0.3 is 9.84 Å². The molecule has 0 fully saturated rings. The number of methoxy groups -OCH3 is 1. The van der Waals surface area contributed by atoms with Crippen LogP contribution in [0.5, 0.6) is 5.75 Å². The number of benzene rings is 1. The zero-order valence-electron chi connectivity index (χ0n) is 10.7. The summed E-state index contributed by atoms with van der Waals surface area (Å²) >= 11 is 0. The Hall–Kier alpha value is -1.84. The van der Waals surface area contributed by atoms with Gasteiger partial charge in [0.1, 0.15) is 5.75 Å². The summed E-state index contributed by atoms with van der Waals surface area (Å²) in [6, 6.07) is 5.28. The summed E-state index contributed by atoms with van der Waals surface area (Å²) < 4.78 is 5.16. The number of Topliss-reactive ketones (excluding diaryl/α,β-unsaturated/α-hetero) is 1. The Morgan fingerprint density at radius 1 is 1.44 bits per heavy atom. The second kappa shape index (κ2) is 4.12. The summed E-state index contributed by atoms with van der Waals surface area (Å²) in [5, 5.41) is 8.93. The first-order chi connectivity index (χ1) is 8.37. The topological polar surface area (TPSA) is 63.6 Å². The molecule has 96 valence electrons. The molecule has 0 spiro atoms. The second-order valence-corrected chi connectivity index (χ2v) is 5.15. The van der Waals surface area contributed by atoms with Gasteiger partial charge in [-0.1, -0.05) is 13.8 Å². The average Bonchev–Trinajstić information content (AvgIpc) is 2.50. The van der Waals surface area contributed by atoms with E-state index >= 15 is 0 Å². The first-order valence-electron chi connectivity index (χ1n) is 5.82. The van der Waals surface area contributed by atoms with Crippen LogP contribution in [0.2, 0.25) is 0 Å². The number of aliphatic carboxylic acids is 1. The Labute approximate surface area is 106 Å². The summed E-state index contributed by atoms with van der Waals surface area (Å²) in [5.74, 6) is -0.844. The second-order valence-electron chi connectivity index (χ2n) is 5.15. The Morgan fingerprint density at radius 3 is 2.67 bits per heavy atom. The lowest BCUT2D eigenvalue weighted by Crippen LogP contribution is -2.29. The van der Waals surface area contributed by atoms with Crippen molar-refractivity contribution in [2.75, 3.05) is 7.11 Å². The first-order valence-corrected chi connectivity index (χ1v) is 5.82. The molecule has 0 heterocycles. The number of ketones is 1. The molecule has 1 aromatic rings. The summed E-state index contributed by atoms with van der Waals surface area (Å²) in [4.78, 5) is 23.1. The van der Waals surface area contributed by atoms with Crippen LogP contribution >= 0.6 is 0 Å². The van der Waals surface area contributed by atoms with E-state index in [0.717, 1.165) is 5.56 Å². The van der Waals surface area contributed by atoms with E-state index in [1.165, 1.54) is 0 Å². The molecule has 1 N–H and O–H groups in total. The highest BCUT2D eigenvalue weighted by Gasteiger charge is 2.46. The van der Waals surface area contributed by atoms with Gasteiger partial charge in [0.05, 0.1) is 13.5 Å². The van der Waals surface area contributed by atoms with Crippen molar-refractivity contribution in [1.29, 1.82) is 0 Å². The predicted octanol–water partition coefficient (Wildman–Crippen LogP) is 2.26. The number of carbonyl (C=O) groups excluding carboxylic acids is 1. The van der Waals surface area contributed by atoms with Crippen molar-refractivity contribution in [1.82, 2.24) is 0 Å². The Kier molecular flexibility index (Phi) is 2.89.